The van der Waals surface area contributed by atoms with Crippen LogP contribution in [0.1, 0.15) is 22.3 Å². The summed E-state index contributed by atoms with van der Waals surface area (Å²) in [6, 6.07) is 46.5. The highest BCUT2D eigenvalue weighted by molar-refractivity contribution is 6.22. The molecule has 2 heterocycles. The lowest BCUT2D eigenvalue weighted by molar-refractivity contribution is 0.660. The topological polar surface area (TPSA) is 26.3 Å². The Hall–Kier alpha value is -5.34. The van der Waals surface area contributed by atoms with Crippen molar-refractivity contribution in [2.75, 3.05) is 0 Å². The van der Waals surface area contributed by atoms with E-state index < -0.39 is 0 Å². The zero-order valence-corrected chi connectivity index (χ0v) is 22.4. The highest BCUT2D eigenvalue weighted by Crippen LogP contribution is 2.40. The Bertz CT molecular complexity index is 2350. The first-order valence-electron chi connectivity index (χ1n) is 13.9. The largest absolute Gasteiger partial charge is 0.456 e. The molecule has 0 radical (unpaired) electrons. The van der Waals surface area contributed by atoms with E-state index in [4.69, 9.17) is 8.83 Å². The molecule has 0 aliphatic heterocycles. The standard InChI is InChI=1S/C39H26O2/c1-25-12-5-7-17-29(25)36(26-13-3-2-4-14-26)30-18-8-6-15-27(30)24-28-16-11-20-31-32-22-23-35-37(39(32)41-38(28)31)33-19-9-10-21-34(33)40-35/h2-23H,1,24H2/b36-29-. The van der Waals surface area contributed by atoms with Gasteiger partial charge in [0.05, 0.1) is 5.39 Å². The summed E-state index contributed by atoms with van der Waals surface area (Å²) in [7, 11) is 0. The molecule has 0 amide bonds. The van der Waals surface area contributed by atoms with Gasteiger partial charge < -0.3 is 8.83 Å². The molecule has 194 valence electrons. The second kappa shape index (κ2) is 9.39. The highest BCUT2D eigenvalue weighted by Gasteiger charge is 2.19. The van der Waals surface area contributed by atoms with Gasteiger partial charge in [0.1, 0.15) is 22.3 Å². The summed E-state index contributed by atoms with van der Waals surface area (Å²) in [6.45, 7) is 4.37. The van der Waals surface area contributed by atoms with Crippen LogP contribution in [0.15, 0.2) is 142 Å². The van der Waals surface area contributed by atoms with E-state index >= 15 is 0 Å². The van der Waals surface area contributed by atoms with Gasteiger partial charge in [-0.05, 0) is 56.5 Å². The van der Waals surface area contributed by atoms with Gasteiger partial charge in [0.2, 0.25) is 0 Å². The second-order valence-corrected chi connectivity index (χ2v) is 10.5. The van der Waals surface area contributed by atoms with Crippen molar-refractivity contribution < 1.29 is 8.83 Å². The van der Waals surface area contributed by atoms with Crippen molar-refractivity contribution in [1.82, 2.24) is 0 Å². The normalized spacial score (nSPS) is 12.5. The number of furan rings is 2. The van der Waals surface area contributed by atoms with Crippen LogP contribution in [-0.2, 0) is 6.42 Å². The minimum absolute atomic E-state index is 0.734. The van der Waals surface area contributed by atoms with Crippen LogP contribution in [-0.4, -0.2) is 0 Å². The van der Waals surface area contributed by atoms with Gasteiger partial charge in [0.25, 0.3) is 0 Å². The van der Waals surface area contributed by atoms with E-state index in [1.54, 1.807) is 0 Å². The number of fused-ring (bicyclic) bond motifs is 7. The Kier molecular flexibility index (Phi) is 5.39. The van der Waals surface area contributed by atoms with Gasteiger partial charge in [-0.3, -0.25) is 0 Å². The molecule has 0 saturated carbocycles. The fraction of sp³-hybridized carbons (Fsp3) is 0.0256. The third-order valence-electron chi connectivity index (χ3n) is 8.10. The lowest BCUT2D eigenvalue weighted by Gasteiger charge is -2.15. The van der Waals surface area contributed by atoms with Gasteiger partial charge in [0.15, 0.2) is 0 Å². The summed E-state index contributed by atoms with van der Waals surface area (Å²) < 4.78 is 12.9. The first-order chi connectivity index (χ1) is 20.3. The molecule has 0 unspecified atom stereocenters. The van der Waals surface area contributed by atoms with Crippen molar-refractivity contribution in [3.05, 3.63) is 166 Å². The molecular weight excluding hydrogens is 500 g/mol. The highest BCUT2D eigenvalue weighted by atomic mass is 16.3. The van der Waals surface area contributed by atoms with Crippen LogP contribution >= 0.6 is 0 Å². The van der Waals surface area contributed by atoms with Crippen molar-refractivity contribution >= 4 is 56.0 Å². The van der Waals surface area contributed by atoms with Crippen LogP contribution in [0.25, 0.3) is 56.0 Å². The van der Waals surface area contributed by atoms with E-state index in [1.807, 2.05) is 24.3 Å². The van der Waals surface area contributed by atoms with E-state index in [1.165, 1.54) is 22.3 Å². The van der Waals surface area contributed by atoms with Crippen LogP contribution < -0.4 is 10.4 Å². The minimum Gasteiger partial charge on any atom is -0.456 e. The predicted molar refractivity (Wildman–Crippen MR) is 170 cm³/mol. The fourth-order valence-corrected chi connectivity index (χ4v) is 6.21. The molecule has 0 saturated heterocycles. The van der Waals surface area contributed by atoms with Crippen LogP contribution in [0.5, 0.6) is 0 Å². The molecule has 0 aliphatic carbocycles. The van der Waals surface area contributed by atoms with Crippen molar-refractivity contribution in [1.29, 1.82) is 0 Å². The number of rotatable bonds is 4. The number of benzene rings is 6. The van der Waals surface area contributed by atoms with Gasteiger partial charge in [-0.25, -0.2) is 0 Å². The lowest BCUT2D eigenvalue weighted by atomic mass is 9.89. The Morgan fingerprint density at radius 3 is 2.12 bits per heavy atom. The van der Waals surface area contributed by atoms with Gasteiger partial charge in [-0.1, -0.05) is 122 Å². The first kappa shape index (κ1) is 23.5. The van der Waals surface area contributed by atoms with E-state index in [0.717, 1.165) is 66.3 Å². The lowest BCUT2D eigenvalue weighted by Crippen LogP contribution is -2.26. The number of hydrogen-bond donors (Lipinski definition) is 0. The van der Waals surface area contributed by atoms with E-state index in [-0.39, 0.29) is 0 Å². The van der Waals surface area contributed by atoms with E-state index in [9.17, 15) is 0 Å². The summed E-state index contributed by atoms with van der Waals surface area (Å²) in [4.78, 5) is 0. The Balaban J connectivity index is 1.35. The molecule has 41 heavy (non-hydrogen) atoms. The van der Waals surface area contributed by atoms with Crippen molar-refractivity contribution in [3.63, 3.8) is 0 Å². The van der Waals surface area contributed by atoms with Crippen molar-refractivity contribution in [2.45, 2.75) is 6.42 Å². The summed E-state index contributed by atoms with van der Waals surface area (Å²) in [5, 5.41) is 6.49. The number of para-hydroxylation sites is 2. The van der Waals surface area contributed by atoms with Crippen LogP contribution in [0.3, 0.4) is 0 Å². The van der Waals surface area contributed by atoms with E-state index in [2.05, 4.69) is 116 Å². The molecule has 8 aromatic rings. The van der Waals surface area contributed by atoms with Crippen LogP contribution in [0.2, 0.25) is 0 Å². The van der Waals surface area contributed by atoms with Gasteiger partial charge >= 0.3 is 0 Å². The minimum atomic E-state index is 0.734. The monoisotopic (exact) mass is 526 g/mol. The van der Waals surface area contributed by atoms with Crippen LogP contribution in [0.4, 0.5) is 0 Å². The molecule has 0 N–H and O–H groups in total. The SMILES string of the molecule is C=c1cccc/c1=C(\c1ccccc1)c1ccccc1Cc1cccc2c1oc1c2ccc2oc3ccccc3c21. The van der Waals surface area contributed by atoms with Gasteiger partial charge in [-0.15, -0.1) is 0 Å². The quantitative estimate of drug-likeness (QED) is 0.229. The summed E-state index contributed by atoms with van der Waals surface area (Å²) in [5.74, 6) is 0. The molecule has 0 atom stereocenters. The molecular formula is C39H26O2. The average Bonchev–Trinajstić information content (AvgIpc) is 3.59. The average molecular weight is 527 g/mol. The Morgan fingerprint density at radius 1 is 0.512 bits per heavy atom. The Morgan fingerprint density at radius 2 is 1.22 bits per heavy atom. The van der Waals surface area contributed by atoms with E-state index in [0.29, 0.717) is 0 Å². The third-order valence-corrected chi connectivity index (χ3v) is 8.10. The first-order valence-corrected chi connectivity index (χ1v) is 13.9. The maximum Gasteiger partial charge on any atom is 0.147 e. The molecule has 2 heteroatoms. The zero-order valence-electron chi connectivity index (χ0n) is 22.4. The van der Waals surface area contributed by atoms with Crippen LogP contribution in [0, 0.1) is 0 Å². The molecule has 6 aromatic carbocycles. The Labute approximate surface area is 237 Å². The fourth-order valence-electron chi connectivity index (χ4n) is 6.21. The molecule has 2 aromatic heterocycles. The molecule has 2 nitrogen and oxygen atoms in total. The van der Waals surface area contributed by atoms with Crippen molar-refractivity contribution in [2.24, 2.45) is 0 Å². The summed E-state index contributed by atoms with van der Waals surface area (Å²) >= 11 is 0. The second-order valence-electron chi connectivity index (χ2n) is 10.5. The summed E-state index contributed by atoms with van der Waals surface area (Å²) in [5.41, 5.74) is 9.48. The van der Waals surface area contributed by atoms with Crippen molar-refractivity contribution in [3.8, 4) is 0 Å². The molecule has 8 rings (SSSR count). The molecule has 0 fully saturated rings. The third kappa shape index (κ3) is 3.80. The predicted octanol–water partition coefficient (Wildman–Crippen LogP) is 8.73. The molecule has 0 aliphatic rings. The van der Waals surface area contributed by atoms with Gasteiger partial charge in [-0.2, -0.15) is 0 Å². The zero-order chi connectivity index (χ0) is 27.3. The summed E-state index contributed by atoms with van der Waals surface area (Å²) in [6.07, 6.45) is 0.734. The molecule has 0 bridgehead atoms. The smallest absolute Gasteiger partial charge is 0.147 e. The maximum absolute atomic E-state index is 6.75. The molecule has 0 spiro atoms. The number of hydrogen-bond acceptors (Lipinski definition) is 2. The van der Waals surface area contributed by atoms with Gasteiger partial charge in [0, 0.05) is 22.6 Å². The maximum atomic E-state index is 6.75.